The van der Waals surface area contributed by atoms with Crippen LogP contribution in [0.1, 0.15) is 56.8 Å². The number of likely N-dealkylation sites (tertiary alicyclic amines) is 1. The summed E-state index contributed by atoms with van der Waals surface area (Å²) in [6, 6.07) is 16.2. The molecule has 1 aliphatic carbocycles. The highest BCUT2D eigenvalue weighted by molar-refractivity contribution is 5.98. The Morgan fingerprint density at radius 3 is 2.54 bits per heavy atom. The number of hydrogen-bond donors (Lipinski definition) is 1. The van der Waals surface area contributed by atoms with Crippen molar-refractivity contribution in [2.75, 3.05) is 13.1 Å². The molecule has 2 amide bonds. The fourth-order valence-electron chi connectivity index (χ4n) is 6.24. The smallest absolute Gasteiger partial charge is 0.408 e. The van der Waals surface area contributed by atoms with Gasteiger partial charge in [0.2, 0.25) is 0 Å². The molecule has 204 valence electrons. The van der Waals surface area contributed by atoms with Crippen LogP contribution in [0.5, 0.6) is 0 Å². The summed E-state index contributed by atoms with van der Waals surface area (Å²) in [7, 11) is 2.04. The third-order valence-electron chi connectivity index (χ3n) is 8.28. The number of hydrogen-bond acceptors (Lipinski definition) is 3. The van der Waals surface area contributed by atoms with E-state index in [2.05, 4.69) is 39.5 Å². The fourth-order valence-corrected chi connectivity index (χ4v) is 6.24. The van der Waals surface area contributed by atoms with Crippen LogP contribution >= 0.6 is 0 Å². The van der Waals surface area contributed by atoms with Gasteiger partial charge in [-0.25, -0.2) is 9.78 Å². The summed E-state index contributed by atoms with van der Waals surface area (Å²) in [5.41, 5.74) is 4.15. The molecule has 6 rings (SSSR count). The molecule has 1 N–H and O–H groups in total. The van der Waals surface area contributed by atoms with Gasteiger partial charge >= 0.3 is 6.09 Å². The highest BCUT2D eigenvalue weighted by atomic mass is 16.4. The van der Waals surface area contributed by atoms with Crippen molar-refractivity contribution in [2.24, 2.45) is 13.0 Å². The summed E-state index contributed by atoms with van der Waals surface area (Å²) in [5.74, 6) is 1.55. The lowest BCUT2D eigenvalue weighted by Gasteiger charge is -2.44. The lowest BCUT2D eigenvalue weighted by Crippen LogP contribution is -2.57. The maximum atomic E-state index is 13.6. The van der Waals surface area contributed by atoms with Crippen molar-refractivity contribution in [1.82, 2.24) is 23.9 Å². The van der Waals surface area contributed by atoms with E-state index in [1.54, 1.807) is 4.90 Å². The molecule has 2 aromatic heterocycles. The molecular weight excluding hydrogens is 490 g/mol. The Balaban J connectivity index is 1.32. The van der Waals surface area contributed by atoms with E-state index in [4.69, 9.17) is 4.98 Å². The summed E-state index contributed by atoms with van der Waals surface area (Å²) in [6.45, 7) is 7.72. The first-order valence-corrected chi connectivity index (χ1v) is 14.0. The van der Waals surface area contributed by atoms with Gasteiger partial charge in [-0.1, -0.05) is 18.2 Å². The lowest BCUT2D eigenvalue weighted by atomic mass is 9.97. The Labute approximate surface area is 228 Å². The highest BCUT2D eigenvalue weighted by Gasteiger charge is 2.37. The molecule has 0 bridgehead atoms. The van der Waals surface area contributed by atoms with Crippen LogP contribution in [-0.2, 0) is 13.6 Å². The molecule has 2 aromatic carbocycles. The van der Waals surface area contributed by atoms with E-state index < -0.39 is 11.6 Å². The van der Waals surface area contributed by atoms with Gasteiger partial charge in [0.25, 0.3) is 5.91 Å². The quantitative estimate of drug-likeness (QED) is 0.346. The molecule has 39 heavy (non-hydrogen) atoms. The second kappa shape index (κ2) is 9.43. The molecule has 1 saturated carbocycles. The van der Waals surface area contributed by atoms with Gasteiger partial charge in [-0.3, -0.25) is 9.69 Å². The fraction of sp³-hybridized carbons (Fsp3) is 0.452. The van der Waals surface area contributed by atoms with Crippen LogP contribution in [0.3, 0.4) is 0 Å². The van der Waals surface area contributed by atoms with Gasteiger partial charge < -0.3 is 19.1 Å². The number of nitrogens with zero attached hydrogens (tertiary/aromatic N) is 5. The molecule has 4 aromatic rings. The first-order chi connectivity index (χ1) is 18.6. The molecular formula is C31H37N5O3. The van der Waals surface area contributed by atoms with Crippen molar-refractivity contribution < 1.29 is 14.7 Å². The molecule has 0 spiro atoms. The summed E-state index contributed by atoms with van der Waals surface area (Å²) >= 11 is 0. The number of piperidine rings is 1. The Hall–Kier alpha value is -3.81. The number of amides is 2. The number of benzene rings is 2. The third kappa shape index (κ3) is 4.66. The average molecular weight is 528 g/mol. The molecule has 2 aliphatic rings. The monoisotopic (exact) mass is 527 g/mol. The van der Waals surface area contributed by atoms with Crippen LogP contribution in [0.25, 0.3) is 33.5 Å². The summed E-state index contributed by atoms with van der Waals surface area (Å²) in [5, 5.41) is 11.1. The summed E-state index contributed by atoms with van der Waals surface area (Å²) < 4.78 is 4.52. The molecule has 1 saturated heterocycles. The first-order valence-electron chi connectivity index (χ1n) is 14.0. The predicted molar refractivity (Wildman–Crippen MR) is 153 cm³/mol. The van der Waals surface area contributed by atoms with Crippen molar-refractivity contribution in [1.29, 1.82) is 0 Å². The average Bonchev–Trinajstić information content (AvgIpc) is 3.56. The Morgan fingerprint density at radius 1 is 1.05 bits per heavy atom. The van der Waals surface area contributed by atoms with Gasteiger partial charge in [0.15, 0.2) is 5.82 Å². The first kappa shape index (κ1) is 25.5. The number of carboxylic acid groups (broad SMARTS) is 1. The Morgan fingerprint density at radius 2 is 1.82 bits per heavy atom. The van der Waals surface area contributed by atoms with E-state index in [0.29, 0.717) is 18.7 Å². The minimum Gasteiger partial charge on any atom is -0.465 e. The number of aromatic nitrogens is 3. The van der Waals surface area contributed by atoms with Gasteiger partial charge in [0.05, 0.1) is 22.8 Å². The maximum absolute atomic E-state index is 13.6. The lowest BCUT2D eigenvalue weighted by molar-refractivity contribution is 0.0315. The van der Waals surface area contributed by atoms with Gasteiger partial charge in [-0.15, -0.1) is 0 Å². The number of rotatable bonds is 5. The molecule has 8 heteroatoms. The Bertz CT molecular complexity index is 1570. The zero-order valence-corrected chi connectivity index (χ0v) is 23.2. The number of para-hydroxylation sites is 1. The van der Waals surface area contributed by atoms with Crippen molar-refractivity contribution in [3.63, 3.8) is 0 Å². The van der Waals surface area contributed by atoms with Crippen LogP contribution in [0.2, 0.25) is 0 Å². The Kier molecular flexibility index (Phi) is 6.16. The van der Waals surface area contributed by atoms with Crippen LogP contribution in [0.15, 0.2) is 48.5 Å². The topological polar surface area (TPSA) is 83.6 Å². The zero-order valence-electron chi connectivity index (χ0n) is 23.2. The predicted octanol–water partition coefficient (Wildman–Crippen LogP) is 5.99. The van der Waals surface area contributed by atoms with Gasteiger partial charge in [-0.2, -0.15) is 0 Å². The molecule has 1 atom stereocenters. The third-order valence-corrected chi connectivity index (χ3v) is 8.28. The van der Waals surface area contributed by atoms with Gasteiger partial charge in [0.1, 0.15) is 0 Å². The molecule has 1 aliphatic heterocycles. The largest absolute Gasteiger partial charge is 0.465 e. The standard InChI is InChI=1S/C31H37N5O3/c1-31(2,3)36(30(38)39)23-9-7-15-34(19-23)29(37)22-13-14-26-24(16-22)32-28(33(26)4)27-17-21-8-5-6-10-25(21)35(27)18-20-11-12-20/h5-6,8,10,13-14,16-17,20,23H,7,9,11-12,15,18-19H2,1-4H3,(H,38,39)/t23-/m1/s1. The van der Waals surface area contributed by atoms with Gasteiger partial charge in [-0.05, 0) is 82.7 Å². The van der Waals surface area contributed by atoms with Crippen molar-refractivity contribution in [3.8, 4) is 11.5 Å². The summed E-state index contributed by atoms with van der Waals surface area (Å²) in [6.07, 6.45) is 3.14. The van der Waals surface area contributed by atoms with Crippen LogP contribution in [0, 0.1) is 5.92 Å². The minimum atomic E-state index is -0.941. The maximum Gasteiger partial charge on any atom is 0.408 e. The minimum absolute atomic E-state index is 0.0732. The second-order valence-corrected chi connectivity index (χ2v) is 12.2. The van der Waals surface area contributed by atoms with E-state index >= 15 is 0 Å². The van der Waals surface area contributed by atoms with Crippen LogP contribution in [-0.4, -0.2) is 65.7 Å². The zero-order chi connectivity index (χ0) is 27.5. The molecule has 2 fully saturated rings. The van der Waals surface area contributed by atoms with E-state index in [9.17, 15) is 14.7 Å². The van der Waals surface area contributed by atoms with Crippen molar-refractivity contribution >= 4 is 33.9 Å². The number of carbonyl (C=O) groups excluding carboxylic acids is 1. The normalized spacial score (nSPS) is 18.2. The van der Waals surface area contributed by atoms with E-state index in [1.165, 1.54) is 28.6 Å². The number of carbonyl (C=O) groups is 2. The number of aryl methyl sites for hydroxylation is 1. The van der Waals surface area contributed by atoms with Crippen LogP contribution < -0.4 is 0 Å². The van der Waals surface area contributed by atoms with E-state index in [0.717, 1.165) is 47.9 Å². The SMILES string of the molecule is Cn1c(-c2cc3ccccc3n2CC2CC2)nc2cc(C(=O)N3CCC[C@@H](N(C(=O)O)C(C)(C)C)C3)ccc21. The highest BCUT2D eigenvalue weighted by Crippen LogP contribution is 2.36. The summed E-state index contributed by atoms with van der Waals surface area (Å²) in [4.78, 5) is 34.0. The molecule has 0 unspecified atom stereocenters. The second-order valence-electron chi connectivity index (χ2n) is 12.2. The van der Waals surface area contributed by atoms with E-state index in [1.807, 2.05) is 46.0 Å². The van der Waals surface area contributed by atoms with E-state index in [-0.39, 0.29) is 11.9 Å². The number of fused-ring (bicyclic) bond motifs is 2. The molecule has 0 radical (unpaired) electrons. The van der Waals surface area contributed by atoms with Crippen molar-refractivity contribution in [3.05, 3.63) is 54.1 Å². The molecule has 8 nitrogen and oxygen atoms in total. The van der Waals surface area contributed by atoms with Crippen LogP contribution in [0.4, 0.5) is 4.79 Å². The molecule has 3 heterocycles. The van der Waals surface area contributed by atoms with Gasteiger partial charge in [0, 0.05) is 48.7 Å². The number of imidazole rings is 1. The van der Waals surface area contributed by atoms with Crippen molar-refractivity contribution in [2.45, 2.75) is 64.6 Å².